The van der Waals surface area contributed by atoms with Gasteiger partial charge in [0.05, 0.1) is 41.7 Å². The molecule has 17 atom stereocenters. The Kier molecular flexibility index (Phi) is 22.8. The fraction of sp³-hybridized carbons (Fsp3) is 0.826. The Morgan fingerprint density at radius 1 is 0.541 bits per heavy atom. The number of hydrogen-bond acceptors (Lipinski definition) is 9. The summed E-state index contributed by atoms with van der Waals surface area (Å²) in [6, 6.07) is 20.1. The van der Waals surface area contributed by atoms with E-state index in [0.29, 0.717) is 108 Å². The number of ether oxygens (including phenoxy) is 4. The number of hydrogen-bond donors (Lipinski definition) is 1. The summed E-state index contributed by atoms with van der Waals surface area (Å²) >= 11 is 1.74. The average Bonchev–Trinajstić information content (AvgIpc) is 1.50. The van der Waals surface area contributed by atoms with Gasteiger partial charge in [-0.25, -0.2) is 4.79 Å². The molecule has 1 N–H and O–H groups in total. The van der Waals surface area contributed by atoms with E-state index in [4.69, 9.17) is 18.9 Å². The molecule has 0 spiro atoms. The minimum absolute atomic E-state index is 0. The lowest BCUT2D eigenvalue weighted by Gasteiger charge is -2.59. The highest BCUT2D eigenvalue weighted by atomic mass is 127. The van der Waals surface area contributed by atoms with E-state index in [9.17, 15) is 18.7 Å². The number of carbonyl (C=O) groups excluding carboxylic acids is 3. The Labute approximate surface area is 608 Å². The SMILES string of the molecule is C.C.C.C.C.C.CC(C)(C)C1C2CC(C(=O)OC3(C)C4CC5CC(C4)CC3C5)C(C2)C1C1C2CC(C(=O)OC34CC5CC(CC(O)(C5)C3)C4)C(C2)C1C1C2CC(OCCSc3ccccc3[I+]c3ccccc3)C(C2)C1C(C)(C)C.CC(F)(F)C(=O)OCC12CC3CC(CC(C3)C1)C2. The van der Waals surface area contributed by atoms with Crippen LogP contribution >= 0.6 is 11.8 Å². The maximum absolute atomic E-state index is 15.3. The molecular weight excluding hydrogens is 1360 g/mol. The van der Waals surface area contributed by atoms with Crippen LogP contribution < -0.4 is 21.2 Å². The number of fused-ring (bicyclic) bond motifs is 6. The first-order valence-corrected chi connectivity index (χ1v) is 40.6. The van der Waals surface area contributed by atoms with Crippen LogP contribution in [-0.4, -0.2) is 70.8 Å². The molecule has 0 heterocycles. The van der Waals surface area contributed by atoms with Crippen LogP contribution in [0.5, 0.6) is 0 Å². The molecular formula is C86H134F2IO8S+. The molecule has 0 amide bonds. The van der Waals surface area contributed by atoms with Crippen molar-refractivity contribution in [2.75, 3.05) is 19.0 Å². The quantitative estimate of drug-likeness (QED) is 0.0578. The molecule has 12 heteroatoms. The van der Waals surface area contributed by atoms with Crippen LogP contribution in [-0.2, 0) is 33.3 Å². The summed E-state index contributed by atoms with van der Waals surface area (Å²) < 4.78 is 54.8. The van der Waals surface area contributed by atoms with Crippen LogP contribution in [0, 0.1) is 159 Å². The Hall–Kier alpha value is -2.29. The minimum atomic E-state index is -3.36. The van der Waals surface area contributed by atoms with Gasteiger partial charge in [-0.3, -0.25) is 9.59 Å². The Morgan fingerprint density at radius 2 is 1.05 bits per heavy atom. The normalized spacial score (nSPS) is 44.6. The highest BCUT2D eigenvalue weighted by molar-refractivity contribution is 7.99. The lowest BCUT2D eigenvalue weighted by Crippen LogP contribution is -3.61. The summed E-state index contributed by atoms with van der Waals surface area (Å²) in [7, 11) is 0. The molecule has 18 fully saturated rings. The molecule has 18 aliphatic rings. The van der Waals surface area contributed by atoms with Gasteiger partial charge >= 0.3 is 45.0 Å². The summed E-state index contributed by atoms with van der Waals surface area (Å²) in [5.41, 5.74) is -1.18. The lowest BCUT2D eigenvalue weighted by molar-refractivity contribution is -0.601. The standard InChI is InChI=1S/C66H90IO6S.C14H20F2O2.6CH4/c1-62(2,3)58-42-28-47(49(29-42)60(68)72-64(7)43-21-36-19-37(23-43)24-44(64)22-36)57(58)54-40-25-46(48(26-40)61(69)73-66-33-38-20-39(34-66)32-65(70,31-38)35-66)56(54)55-41-27-50(59(55)63(4,5)6)52(30-41)71-17-18-74-53-16-12-11-15-51(53)67-45-13-9-8-10-14-45;1-13(15,16)12(17)18-8-14-5-9-2-10(6-14)4-11(3-9)7-14;;;;;;/h8-16,36-44,46-50,52,54-59,70H,17-35H2,1-7H3;9-11H,2-8H2,1H3;6*1H4/q+1;;;;;;;. The van der Waals surface area contributed by atoms with Crippen molar-refractivity contribution in [1.29, 1.82) is 0 Å². The first-order chi connectivity index (χ1) is 43.7. The molecule has 20 rings (SSSR count). The van der Waals surface area contributed by atoms with E-state index < -0.39 is 23.1 Å². The fourth-order valence-corrected chi connectivity index (χ4v) is 31.9. The van der Waals surface area contributed by atoms with Crippen molar-refractivity contribution in [3.63, 3.8) is 0 Å². The third-order valence-corrected chi connectivity index (χ3v) is 33.8. The summed E-state index contributed by atoms with van der Waals surface area (Å²) in [6.07, 6.45) is 26.0. The number of aliphatic hydroxyl groups is 1. The zero-order chi connectivity index (χ0) is 63.8. The number of carbonyl (C=O) groups is 3. The number of thioether (sulfide) groups is 1. The molecule has 18 aliphatic carbocycles. The van der Waals surface area contributed by atoms with Crippen LogP contribution in [0.2, 0.25) is 0 Å². The van der Waals surface area contributed by atoms with E-state index in [0.717, 1.165) is 113 Å². The zero-order valence-electron chi connectivity index (χ0n) is 56.8. The van der Waals surface area contributed by atoms with Crippen molar-refractivity contribution in [3.05, 3.63) is 61.7 Å². The second-order valence-corrected chi connectivity index (χ2v) is 41.7. The second-order valence-electron chi connectivity index (χ2n) is 37.7. The van der Waals surface area contributed by atoms with Gasteiger partial charge in [0.15, 0.2) is 3.57 Å². The molecule has 2 aromatic carbocycles. The van der Waals surface area contributed by atoms with Gasteiger partial charge in [-0.15, -0.1) is 11.8 Å². The third kappa shape index (κ3) is 14.1. The van der Waals surface area contributed by atoms with Crippen molar-refractivity contribution in [1.82, 2.24) is 0 Å². The first kappa shape index (κ1) is 78.3. The predicted octanol–water partition coefficient (Wildman–Crippen LogP) is 18.0. The van der Waals surface area contributed by atoms with Crippen LogP contribution in [0.1, 0.15) is 248 Å². The summed E-state index contributed by atoms with van der Waals surface area (Å²) in [4.78, 5) is 43.1. The minimum Gasteiger partial charge on any atom is -0.461 e. The summed E-state index contributed by atoms with van der Waals surface area (Å²) in [6.45, 7) is 19.1. The van der Waals surface area contributed by atoms with E-state index >= 15 is 9.59 Å². The van der Waals surface area contributed by atoms with Crippen LogP contribution in [0.4, 0.5) is 8.78 Å². The number of esters is 3. The smallest absolute Gasteiger partial charge is 0.376 e. The number of halogens is 3. The maximum Gasteiger partial charge on any atom is 0.376 e. The number of benzene rings is 2. The molecule has 8 nitrogen and oxygen atoms in total. The van der Waals surface area contributed by atoms with Crippen molar-refractivity contribution in [3.8, 4) is 0 Å². The van der Waals surface area contributed by atoms with Crippen LogP contribution in [0.25, 0.3) is 0 Å². The summed E-state index contributed by atoms with van der Waals surface area (Å²) in [5, 5.41) is 11.8. The van der Waals surface area contributed by atoms with Crippen molar-refractivity contribution >= 4 is 29.7 Å². The van der Waals surface area contributed by atoms with E-state index in [-0.39, 0.29) is 124 Å². The van der Waals surface area contributed by atoms with E-state index in [1.165, 1.54) is 82.7 Å². The molecule has 0 aromatic heterocycles. The zero-order valence-corrected chi connectivity index (χ0v) is 59.8. The topological polar surface area (TPSA) is 108 Å². The van der Waals surface area contributed by atoms with Crippen molar-refractivity contribution < 1.29 is 68.4 Å². The largest absolute Gasteiger partial charge is 0.461 e. The molecule has 18 bridgehead atoms. The van der Waals surface area contributed by atoms with E-state index in [1.807, 2.05) is 11.8 Å². The Morgan fingerprint density at radius 3 is 1.63 bits per heavy atom. The van der Waals surface area contributed by atoms with Gasteiger partial charge in [-0.05, 0) is 308 Å². The van der Waals surface area contributed by atoms with Gasteiger partial charge in [-0.2, -0.15) is 8.78 Å². The Bertz CT molecular complexity index is 3030. The van der Waals surface area contributed by atoms with Gasteiger partial charge in [0.2, 0.25) is 3.57 Å². The molecule has 17 unspecified atom stereocenters. The second kappa shape index (κ2) is 28.5. The molecule has 0 aliphatic heterocycles. The fourth-order valence-electron chi connectivity index (χ4n) is 28.1. The maximum atomic E-state index is 15.3. The van der Waals surface area contributed by atoms with Gasteiger partial charge in [-0.1, -0.05) is 116 Å². The molecule has 18 saturated carbocycles. The van der Waals surface area contributed by atoms with Crippen molar-refractivity contribution in [2.45, 2.75) is 281 Å². The average molecular weight is 1490 g/mol. The van der Waals surface area contributed by atoms with Gasteiger partial charge < -0.3 is 24.1 Å². The van der Waals surface area contributed by atoms with Gasteiger partial charge in [0.1, 0.15) is 11.2 Å². The third-order valence-electron chi connectivity index (χ3n) is 29.6. The van der Waals surface area contributed by atoms with Crippen LogP contribution in [0.3, 0.4) is 0 Å². The van der Waals surface area contributed by atoms with Gasteiger partial charge in [0.25, 0.3) is 0 Å². The first-order valence-electron chi connectivity index (χ1n) is 37.4. The molecule has 0 saturated heterocycles. The van der Waals surface area contributed by atoms with Crippen LogP contribution in [0.15, 0.2) is 59.5 Å². The number of rotatable bonds is 16. The van der Waals surface area contributed by atoms with Gasteiger partial charge in [0, 0.05) is 24.5 Å². The summed E-state index contributed by atoms with van der Waals surface area (Å²) in [5.74, 6) is 8.27. The van der Waals surface area contributed by atoms with E-state index in [2.05, 4.69) is 103 Å². The number of alkyl halides is 2. The highest BCUT2D eigenvalue weighted by Crippen LogP contribution is 2.75. The molecule has 0 radical (unpaired) electrons. The predicted molar refractivity (Wildman–Crippen MR) is 389 cm³/mol. The molecule has 552 valence electrons. The highest BCUT2D eigenvalue weighted by Gasteiger charge is 2.72. The van der Waals surface area contributed by atoms with E-state index in [1.54, 1.807) is 0 Å². The molecule has 2 aromatic rings. The Balaban J connectivity index is 0.000000377. The van der Waals surface area contributed by atoms with Crippen molar-refractivity contribution in [2.24, 2.45) is 152 Å². The molecule has 98 heavy (non-hydrogen) atoms. The monoisotopic (exact) mass is 1490 g/mol. The lowest BCUT2D eigenvalue weighted by atomic mass is 9.50.